The summed E-state index contributed by atoms with van der Waals surface area (Å²) in [5.74, 6) is 0.228. The predicted octanol–water partition coefficient (Wildman–Crippen LogP) is 2.66. The van der Waals surface area contributed by atoms with E-state index in [9.17, 15) is 4.79 Å². The molecule has 0 unspecified atom stereocenters. The number of hydrogen-bond acceptors (Lipinski definition) is 3. The molecule has 0 bridgehead atoms. The molecule has 3 heteroatoms. The third-order valence-electron chi connectivity index (χ3n) is 2.41. The first-order chi connectivity index (χ1) is 7.30. The lowest BCUT2D eigenvalue weighted by molar-refractivity contribution is -0.131. The molecule has 1 rings (SSSR count). The van der Waals surface area contributed by atoms with Crippen LogP contribution < -0.4 is 10.5 Å². The summed E-state index contributed by atoms with van der Waals surface area (Å²) >= 11 is 0. The summed E-state index contributed by atoms with van der Waals surface area (Å²) in [5.41, 5.74) is 7.09. The van der Waals surface area contributed by atoms with Crippen molar-refractivity contribution in [3.05, 3.63) is 29.8 Å². The second-order valence-corrected chi connectivity index (χ2v) is 5.01. The van der Waals surface area contributed by atoms with Crippen molar-refractivity contribution in [1.82, 2.24) is 0 Å². The Kier molecular flexibility index (Phi) is 3.70. The molecule has 0 aliphatic heterocycles. The van der Waals surface area contributed by atoms with Gasteiger partial charge in [0.1, 0.15) is 5.75 Å². The molecule has 0 fully saturated rings. The van der Waals surface area contributed by atoms with Crippen molar-refractivity contribution >= 4 is 5.97 Å². The van der Waals surface area contributed by atoms with E-state index in [1.807, 2.05) is 18.2 Å². The summed E-state index contributed by atoms with van der Waals surface area (Å²) in [5, 5.41) is 0. The molecule has 0 saturated heterocycles. The number of esters is 1. The lowest BCUT2D eigenvalue weighted by Gasteiger charge is -2.27. The number of rotatable bonds is 2. The zero-order chi connectivity index (χ0) is 12.3. The molecule has 1 aromatic carbocycles. The Labute approximate surface area is 96.6 Å². The minimum absolute atomic E-state index is 0.0190. The van der Waals surface area contributed by atoms with Gasteiger partial charge in [-0.05, 0) is 23.1 Å². The molecule has 3 nitrogen and oxygen atoms in total. The Hall–Kier alpha value is -1.35. The second-order valence-electron chi connectivity index (χ2n) is 5.01. The minimum atomic E-state index is -0.318. The van der Waals surface area contributed by atoms with Crippen LogP contribution in [0, 0.1) is 5.41 Å². The van der Waals surface area contributed by atoms with E-state index in [2.05, 4.69) is 20.8 Å². The monoisotopic (exact) mass is 221 g/mol. The van der Waals surface area contributed by atoms with E-state index >= 15 is 0 Å². The van der Waals surface area contributed by atoms with E-state index in [1.54, 1.807) is 6.07 Å². The maximum absolute atomic E-state index is 10.8. The van der Waals surface area contributed by atoms with Crippen LogP contribution in [0.15, 0.2) is 24.3 Å². The molecule has 1 aromatic rings. The van der Waals surface area contributed by atoms with Crippen molar-refractivity contribution in [2.24, 2.45) is 11.1 Å². The predicted molar refractivity (Wildman–Crippen MR) is 64.1 cm³/mol. The summed E-state index contributed by atoms with van der Waals surface area (Å²) in [6, 6.07) is 7.28. The summed E-state index contributed by atoms with van der Waals surface area (Å²) < 4.78 is 5.02. The maximum Gasteiger partial charge on any atom is 0.308 e. The highest BCUT2D eigenvalue weighted by atomic mass is 16.5. The molecule has 0 aliphatic rings. The van der Waals surface area contributed by atoms with Crippen LogP contribution in [0.4, 0.5) is 0 Å². The zero-order valence-electron chi connectivity index (χ0n) is 10.3. The fourth-order valence-electron chi connectivity index (χ4n) is 1.44. The van der Waals surface area contributed by atoms with Crippen molar-refractivity contribution in [3.8, 4) is 5.75 Å². The average molecular weight is 221 g/mol. The van der Waals surface area contributed by atoms with E-state index in [1.165, 1.54) is 6.92 Å². The highest BCUT2D eigenvalue weighted by Crippen LogP contribution is 2.31. The number of carbonyl (C=O) groups is 1. The lowest BCUT2D eigenvalue weighted by atomic mass is 9.83. The van der Waals surface area contributed by atoms with Crippen LogP contribution in [0.5, 0.6) is 5.75 Å². The van der Waals surface area contributed by atoms with Gasteiger partial charge in [0, 0.05) is 13.0 Å². The molecule has 0 amide bonds. The van der Waals surface area contributed by atoms with Gasteiger partial charge in [0.05, 0.1) is 0 Å². The van der Waals surface area contributed by atoms with Crippen LogP contribution in [0.2, 0.25) is 0 Å². The molecule has 0 aliphatic carbocycles. The number of benzene rings is 1. The van der Waals surface area contributed by atoms with Gasteiger partial charge < -0.3 is 10.5 Å². The molecule has 0 radical (unpaired) electrons. The molecule has 0 saturated carbocycles. The zero-order valence-corrected chi connectivity index (χ0v) is 10.3. The summed E-state index contributed by atoms with van der Waals surface area (Å²) in [4.78, 5) is 10.8. The summed E-state index contributed by atoms with van der Waals surface area (Å²) in [7, 11) is 0. The quantitative estimate of drug-likeness (QED) is 0.617. The third-order valence-corrected chi connectivity index (χ3v) is 2.41. The van der Waals surface area contributed by atoms with Crippen LogP contribution in [0.1, 0.15) is 39.3 Å². The van der Waals surface area contributed by atoms with Crippen molar-refractivity contribution in [1.29, 1.82) is 0 Å². The van der Waals surface area contributed by atoms with Crippen molar-refractivity contribution < 1.29 is 9.53 Å². The van der Waals surface area contributed by atoms with Gasteiger partial charge in [-0.3, -0.25) is 4.79 Å². The van der Waals surface area contributed by atoms with E-state index in [0.717, 1.165) is 5.56 Å². The standard InChI is InChI=1S/C13H19NO2/c1-9(15)16-11-7-5-6-10(8-11)12(14)13(2,3)4/h5-8,12H,14H2,1-4H3/t12-/m0/s1. The van der Waals surface area contributed by atoms with E-state index < -0.39 is 0 Å². The highest BCUT2D eigenvalue weighted by molar-refractivity contribution is 5.69. The Bertz CT molecular complexity index is 380. The maximum atomic E-state index is 10.8. The van der Waals surface area contributed by atoms with Crippen LogP contribution in [0.25, 0.3) is 0 Å². The van der Waals surface area contributed by atoms with Gasteiger partial charge in [-0.15, -0.1) is 0 Å². The number of ether oxygens (including phenoxy) is 1. The van der Waals surface area contributed by atoms with Gasteiger partial charge in [-0.25, -0.2) is 0 Å². The molecular formula is C13H19NO2. The van der Waals surface area contributed by atoms with Crippen LogP contribution in [-0.2, 0) is 4.79 Å². The van der Waals surface area contributed by atoms with Crippen molar-refractivity contribution in [2.45, 2.75) is 33.7 Å². The Balaban J connectivity index is 2.94. The molecule has 16 heavy (non-hydrogen) atoms. The van der Waals surface area contributed by atoms with Gasteiger partial charge in [0.2, 0.25) is 0 Å². The van der Waals surface area contributed by atoms with Gasteiger partial charge >= 0.3 is 5.97 Å². The van der Waals surface area contributed by atoms with Gasteiger partial charge in [0.25, 0.3) is 0 Å². The molecule has 2 N–H and O–H groups in total. The minimum Gasteiger partial charge on any atom is -0.427 e. The molecule has 0 aromatic heterocycles. The Morgan fingerprint density at radius 3 is 2.50 bits per heavy atom. The normalized spacial score (nSPS) is 13.3. The van der Waals surface area contributed by atoms with E-state index in [-0.39, 0.29) is 17.4 Å². The summed E-state index contributed by atoms with van der Waals surface area (Å²) in [6.45, 7) is 7.62. The highest BCUT2D eigenvalue weighted by Gasteiger charge is 2.22. The fourth-order valence-corrected chi connectivity index (χ4v) is 1.44. The average Bonchev–Trinajstić information content (AvgIpc) is 2.14. The Morgan fingerprint density at radius 2 is 2.00 bits per heavy atom. The van der Waals surface area contributed by atoms with Gasteiger partial charge in [-0.1, -0.05) is 32.9 Å². The van der Waals surface area contributed by atoms with Gasteiger partial charge in [0.15, 0.2) is 0 Å². The van der Waals surface area contributed by atoms with Crippen molar-refractivity contribution in [3.63, 3.8) is 0 Å². The first-order valence-electron chi connectivity index (χ1n) is 5.34. The molecule has 1 atom stereocenters. The van der Waals surface area contributed by atoms with Gasteiger partial charge in [-0.2, -0.15) is 0 Å². The molecule has 0 spiro atoms. The lowest BCUT2D eigenvalue weighted by Crippen LogP contribution is -2.26. The number of hydrogen-bond donors (Lipinski definition) is 1. The molecular weight excluding hydrogens is 202 g/mol. The topological polar surface area (TPSA) is 52.3 Å². The largest absolute Gasteiger partial charge is 0.427 e. The van der Waals surface area contributed by atoms with E-state index in [0.29, 0.717) is 5.75 Å². The summed E-state index contributed by atoms with van der Waals surface area (Å²) in [6.07, 6.45) is 0. The number of carbonyl (C=O) groups excluding carboxylic acids is 1. The Morgan fingerprint density at radius 1 is 1.38 bits per heavy atom. The molecule has 88 valence electrons. The third kappa shape index (κ3) is 3.35. The number of nitrogens with two attached hydrogens (primary N) is 1. The molecule has 0 heterocycles. The first-order valence-corrected chi connectivity index (χ1v) is 5.34. The van der Waals surface area contributed by atoms with Crippen molar-refractivity contribution in [2.75, 3.05) is 0 Å². The van der Waals surface area contributed by atoms with E-state index in [4.69, 9.17) is 10.5 Å². The fraction of sp³-hybridized carbons (Fsp3) is 0.462. The van der Waals surface area contributed by atoms with Crippen LogP contribution >= 0.6 is 0 Å². The first kappa shape index (κ1) is 12.7. The van der Waals surface area contributed by atoms with Crippen LogP contribution in [-0.4, -0.2) is 5.97 Å². The smallest absolute Gasteiger partial charge is 0.308 e. The second kappa shape index (κ2) is 4.66. The SMILES string of the molecule is CC(=O)Oc1cccc([C@H](N)C(C)(C)C)c1. The van der Waals surface area contributed by atoms with Crippen LogP contribution in [0.3, 0.4) is 0 Å².